The number of hydrogen-bond acceptors (Lipinski definition) is 2. The van der Waals surface area contributed by atoms with E-state index in [1.54, 1.807) is 18.6 Å². The van der Waals surface area contributed by atoms with Crippen LogP contribution in [0.2, 0.25) is 5.02 Å². The zero-order valence-corrected chi connectivity index (χ0v) is 10.0. The third-order valence-electron chi connectivity index (χ3n) is 1.74. The summed E-state index contributed by atoms with van der Waals surface area (Å²) < 4.78 is 1.03. The van der Waals surface area contributed by atoms with Crippen LogP contribution in [0.25, 0.3) is 11.3 Å². The molecule has 0 bridgehead atoms. The predicted octanol–water partition coefficient (Wildman–Crippen LogP) is 3.40. The zero-order valence-electron chi connectivity index (χ0n) is 7.11. The molecule has 0 spiro atoms. The van der Waals surface area contributed by atoms with Gasteiger partial charge < -0.3 is 0 Å². The van der Waals surface area contributed by atoms with E-state index in [9.17, 15) is 0 Å². The minimum atomic E-state index is 0.657. The molecule has 0 N–H and O–H groups in total. The van der Waals surface area contributed by atoms with Crippen LogP contribution in [0.1, 0.15) is 0 Å². The first-order chi connectivity index (χ1) is 6.77. The van der Waals surface area contributed by atoms with E-state index in [1.165, 1.54) is 0 Å². The molecule has 0 aliphatic rings. The van der Waals surface area contributed by atoms with E-state index in [0.717, 1.165) is 14.8 Å². The first-order valence-corrected chi connectivity index (χ1v) is 5.44. The molecule has 2 aromatic rings. The second-order valence-electron chi connectivity index (χ2n) is 2.73. The molecule has 14 heavy (non-hydrogen) atoms. The summed E-state index contributed by atoms with van der Waals surface area (Å²) in [4.78, 5) is 8.29. The first-order valence-electron chi connectivity index (χ1n) is 3.99. The largest absolute Gasteiger partial charge is 0.264 e. The molecule has 0 atom stereocenters. The normalized spacial score (nSPS) is 10.1. The number of hydrogen-bond donors (Lipinski definition) is 0. The minimum Gasteiger partial charge on any atom is -0.264 e. The van der Waals surface area contributed by atoms with E-state index in [-0.39, 0.29) is 0 Å². The van der Waals surface area contributed by atoms with Crippen molar-refractivity contribution in [1.82, 2.24) is 9.97 Å². The lowest BCUT2D eigenvalue weighted by atomic mass is 10.2. The van der Waals surface area contributed by atoms with E-state index in [2.05, 4.69) is 32.6 Å². The summed E-state index contributed by atoms with van der Waals surface area (Å²) in [6, 6.07) is 5.69. The van der Waals surface area contributed by atoms with Crippen molar-refractivity contribution in [2.45, 2.75) is 0 Å². The van der Waals surface area contributed by atoms with Gasteiger partial charge in [0.1, 0.15) is 0 Å². The van der Waals surface area contributed by atoms with Crippen LogP contribution in [0.3, 0.4) is 0 Å². The summed E-state index contributed by atoms with van der Waals surface area (Å²) in [6.07, 6.45) is 5.26. The topological polar surface area (TPSA) is 25.8 Å². The van der Waals surface area contributed by atoms with Gasteiger partial charge in [0.05, 0.1) is 10.7 Å². The highest BCUT2D eigenvalue weighted by atomic mass is 127. The summed E-state index contributed by atoms with van der Waals surface area (Å²) >= 11 is 8.25. The molecule has 0 aromatic carbocycles. The molecule has 2 aromatic heterocycles. The minimum absolute atomic E-state index is 0.657. The van der Waals surface area contributed by atoms with Crippen LogP contribution in [-0.4, -0.2) is 9.97 Å². The summed E-state index contributed by atoms with van der Waals surface area (Å²) in [5.74, 6) is 0. The van der Waals surface area contributed by atoms with Gasteiger partial charge >= 0.3 is 0 Å². The lowest BCUT2D eigenvalue weighted by Gasteiger charge is -2.02. The lowest BCUT2D eigenvalue weighted by molar-refractivity contribution is 1.27. The van der Waals surface area contributed by atoms with Crippen LogP contribution in [0.15, 0.2) is 36.8 Å². The van der Waals surface area contributed by atoms with Gasteiger partial charge in [-0.3, -0.25) is 9.97 Å². The Hall–Kier alpha value is -0.680. The Morgan fingerprint density at radius 3 is 2.79 bits per heavy atom. The quantitative estimate of drug-likeness (QED) is 0.754. The Balaban J connectivity index is 2.53. The SMILES string of the molecule is Clc1cc(I)cnc1-c1cccnc1. The Bertz CT molecular complexity index is 445. The monoisotopic (exact) mass is 316 g/mol. The van der Waals surface area contributed by atoms with Crippen LogP contribution in [0.4, 0.5) is 0 Å². The summed E-state index contributed by atoms with van der Waals surface area (Å²) in [6.45, 7) is 0. The molecule has 0 radical (unpaired) electrons. The second kappa shape index (κ2) is 4.23. The van der Waals surface area contributed by atoms with Crippen LogP contribution in [0, 0.1) is 3.57 Å². The molecule has 0 saturated heterocycles. The Morgan fingerprint density at radius 1 is 1.29 bits per heavy atom. The van der Waals surface area contributed by atoms with Crippen molar-refractivity contribution >= 4 is 34.2 Å². The molecule has 2 nitrogen and oxygen atoms in total. The fourth-order valence-electron chi connectivity index (χ4n) is 1.13. The number of aromatic nitrogens is 2. The number of rotatable bonds is 1. The smallest absolute Gasteiger partial charge is 0.0904 e. The molecule has 0 unspecified atom stereocenters. The Kier molecular flexibility index (Phi) is 2.98. The maximum Gasteiger partial charge on any atom is 0.0904 e. The van der Waals surface area contributed by atoms with E-state index >= 15 is 0 Å². The number of halogens is 2. The molecule has 2 heterocycles. The molecular weight excluding hydrogens is 310 g/mol. The highest BCUT2D eigenvalue weighted by molar-refractivity contribution is 14.1. The fraction of sp³-hybridized carbons (Fsp3) is 0. The third kappa shape index (κ3) is 2.04. The number of nitrogens with zero attached hydrogens (tertiary/aromatic N) is 2. The van der Waals surface area contributed by atoms with Gasteiger partial charge in [-0.15, -0.1) is 0 Å². The molecule has 70 valence electrons. The predicted molar refractivity (Wildman–Crippen MR) is 65.2 cm³/mol. The van der Waals surface area contributed by atoms with Gasteiger partial charge in [-0.25, -0.2) is 0 Å². The first kappa shape index (κ1) is 9.86. The molecule has 4 heteroatoms. The zero-order chi connectivity index (χ0) is 9.97. The molecule has 0 aliphatic carbocycles. The van der Waals surface area contributed by atoms with Crippen LogP contribution < -0.4 is 0 Å². The molecule has 0 amide bonds. The molecule has 2 rings (SSSR count). The van der Waals surface area contributed by atoms with Crippen LogP contribution in [0.5, 0.6) is 0 Å². The summed E-state index contributed by atoms with van der Waals surface area (Å²) in [7, 11) is 0. The van der Waals surface area contributed by atoms with Gasteiger partial charge in [0.25, 0.3) is 0 Å². The van der Waals surface area contributed by atoms with Crippen LogP contribution in [-0.2, 0) is 0 Å². The van der Waals surface area contributed by atoms with Gasteiger partial charge in [-0.1, -0.05) is 11.6 Å². The Labute approximate surface area is 100 Å². The van der Waals surface area contributed by atoms with Crippen molar-refractivity contribution < 1.29 is 0 Å². The second-order valence-corrected chi connectivity index (χ2v) is 4.38. The van der Waals surface area contributed by atoms with Crippen molar-refractivity contribution in [3.8, 4) is 11.3 Å². The lowest BCUT2D eigenvalue weighted by Crippen LogP contribution is -1.86. The summed E-state index contributed by atoms with van der Waals surface area (Å²) in [5, 5.41) is 0.657. The third-order valence-corrected chi connectivity index (χ3v) is 2.62. The number of pyridine rings is 2. The van der Waals surface area contributed by atoms with E-state index < -0.39 is 0 Å². The van der Waals surface area contributed by atoms with Crippen LogP contribution >= 0.6 is 34.2 Å². The van der Waals surface area contributed by atoms with Crippen molar-refractivity contribution in [3.63, 3.8) is 0 Å². The van der Waals surface area contributed by atoms with E-state index in [4.69, 9.17) is 11.6 Å². The average Bonchev–Trinajstić information content (AvgIpc) is 2.19. The molecule has 0 saturated carbocycles. The van der Waals surface area contributed by atoms with Gasteiger partial charge in [0.15, 0.2) is 0 Å². The van der Waals surface area contributed by atoms with Crippen molar-refractivity contribution in [1.29, 1.82) is 0 Å². The Morgan fingerprint density at radius 2 is 2.14 bits per heavy atom. The highest BCUT2D eigenvalue weighted by Crippen LogP contribution is 2.25. The van der Waals surface area contributed by atoms with Gasteiger partial charge in [-0.05, 0) is 40.8 Å². The summed E-state index contributed by atoms with van der Waals surface area (Å²) in [5.41, 5.74) is 1.72. The molecular formula is C10H6ClIN2. The van der Waals surface area contributed by atoms with Gasteiger partial charge in [0, 0.05) is 27.7 Å². The maximum absolute atomic E-state index is 6.07. The van der Waals surface area contributed by atoms with E-state index in [1.807, 2.05) is 18.2 Å². The van der Waals surface area contributed by atoms with Crippen molar-refractivity contribution in [2.24, 2.45) is 0 Å². The molecule has 0 fully saturated rings. The van der Waals surface area contributed by atoms with E-state index in [0.29, 0.717) is 5.02 Å². The maximum atomic E-state index is 6.07. The standard InChI is InChI=1S/C10H6ClIN2/c11-9-4-8(12)6-14-10(9)7-2-1-3-13-5-7/h1-6H. The van der Waals surface area contributed by atoms with Crippen molar-refractivity contribution in [2.75, 3.05) is 0 Å². The van der Waals surface area contributed by atoms with Crippen molar-refractivity contribution in [3.05, 3.63) is 45.4 Å². The fourth-order valence-corrected chi connectivity index (χ4v) is 2.04. The highest BCUT2D eigenvalue weighted by Gasteiger charge is 2.04. The van der Waals surface area contributed by atoms with Gasteiger partial charge in [-0.2, -0.15) is 0 Å². The average molecular weight is 317 g/mol. The molecule has 0 aliphatic heterocycles. The van der Waals surface area contributed by atoms with Gasteiger partial charge in [0.2, 0.25) is 0 Å².